The highest BCUT2D eigenvalue weighted by molar-refractivity contribution is 7.89. The fourth-order valence-electron chi connectivity index (χ4n) is 1.33. The molecule has 0 spiro atoms. The number of hydrogen-bond acceptors (Lipinski definition) is 4. The average molecular weight is 291 g/mol. The highest BCUT2D eigenvalue weighted by atomic mass is 32.2. The summed E-state index contributed by atoms with van der Waals surface area (Å²) in [5, 5.41) is 8.59. The molecule has 1 aromatic rings. The highest BCUT2D eigenvalue weighted by Crippen LogP contribution is 2.09. The van der Waals surface area contributed by atoms with E-state index in [1.54, 1.807) is 0 Å². The summed E-state index contributed by atoms with van der Waals surface area (Å²) < 4.78 is 43.4. The molecule has 0 fully saturated rings. The van der Waals surface area contributed by atoms with E-state index < -0.39 is 27.9 Å². The van der Waals surface area contributed by atoms with Crippen molar-refractivity contribution < 1.29 is 27.4 Å². The van der Waals surface area contributed by atoms with Crippen molar-refractivity contribution in [2.75, 3.05) is 13.7 Å². The fourth-order valence-corrected chi connectivity index (χ4v) is 2.40. The summed E-state index contributed by atoms with van der Waals surface area (Å²) in [4.78, 5) is 10.4. The van der Waals surface area contributed by atoms with Crippen molar-refractivity contribution in [3.63, 3.8) is 0 Å². The van der Waals surface area contributed by atoms with E-state index in [2.05, 4.69) is 4.72 Å². The van der Waals surface area contributed by atoms with Gasteiger partial charge in [-0.2, -0.15) is 0 Å². The number of carbonyl (C=O) groups is 1. The van der Waals surface area contributed by atoms with Gasteiger partial charge >= 0.3 is 5.97 Å². The van der Waals surface area contributed by atoms with Crippen LogP contribution in [0.3, 0.4) is 0 Å². The molecule has 2 N–H and O–H groups in total. The highest BCUT2D eigenvalue weighted by Gasteiger charge is 2.18. The number of halogens is 1. The van der Waals surface area contributed by atoms with Gasteiger partial charge in [0.15, 0.2) is 0 Å². The number of carboxylic acid groups (broad SMARTS) is 1. The largest absolute Gasteiger partial charge is 0.481 e. The Balaban J connectivity index is 2.69. The number of carboxylic acids is 1. The Morgan fingerprint density at radius 3 is 2.47 bits per heavy atom. The normalized spacial score (nSPS) is 13.2. The second-order valence-electron chi connectivity index (χ2n) is 3.76. The van der Waals surface area contributed by atoms with Crippen molar-refractivity contribution in [3.8, 4) is 0 Å². The summed E-state index contributed by atoms with van der Waals surface area (Å²) >= 11 is 0. The lowest BCUT2D eigenvalue weighted by atomic mass is 10.2. The Kier molecular flexibility index (Phi) is 5.40. The third kappa shape index (κ3) is 4.93. The maximum Gasteiger partial charge on any atom is 0.306 e. The molecule has 0 aliphatic rings. The molecule has 1 rings (SSSR count). The van der Waals surface area contributed by atoms with Crippen LogP contribution in [0.1, 0.15) is 6.42 Å². The van der Waals surface area contributed by atoms with Crippen molar-refractivity contribution in [1.82, 2.24) is 4.72 Å². The molecule has 1 unspecified atom stereocenters. The smallest absolute Gasteiger partial charge is 0.306 e. The second kappa shape index (κ2) is 6.60. The summed E-state index contributed by atoms with van der Waals surface area (Å²) in [6.45, 7) is -0.178. The van der Waals surface area contributed by atoms with E-state index in [-0.39, 0.29) is 17.9 Å². The zero-order valence-corrected chi connectivity index (χ0v) is 11.0. The number of sulfonamides is 1. The van der Waals surface area contributed by atoms with Crippen LogP contribution in [0.15, 0.2) is 29.2 Å². The number of rotatable bonds is 7. The number of ether oxygens (including phenoxy) is 1. The summed E-state index contributed by atoms with van der Waals surface area (Å²) in [7, 11) is -2.52. The summed E-state index contributed by atoms with van der Waals surface area (Å²) in [6, 6.07) is 4.30. The first-order valence-electron chi connectivity index (χ1n) is 5.35. The number of methoxy groups -OCH3 is 1. The van der Waals surface area contributed by atoms with Crippen LogP contribution < -0.4 is 4.72 Å². The molecule has 0 radical (unpaired) electrons. The Morgan fingerprint density at radius 2 is 2.00 bits per heavy atom. The first kappa shape index (κ1) is 15.5. The second-order valence-corrected chi connectivity index (χ2v) is 5.53. The molecule has 0 saturated heterocycles. The van der Waals surface area contributed by atoms with Crippen LogP contribution in [-0.4, -0.2) is 39.3 Å². The lowest BCUT2D eigenvalue weighted by molar-refractivity contribution is -0.139. The van der Waals surface area contributed by atoms with Gasteiger partial charge < -0.3 is 9.84 Å². The average Bonchev–Trinajstić information content (AvgIpc) is 2.34. The van der Waals surface area contributed by atoms with E-state index in [0.717, 1.165) is 24.3 Å². The summed E-state index contributed by atoms with van der Waals surface area (Å²) in [5.41, 5.74) is 0. The van der Waals surface area contributed by atoms with Crippen molar-refractivity contribution in [3.05, 3.63) is 30.1 Å². The van der Waals surface area contributed by atoms with Crippen LogP contribution in [0.5, 0.6) is 0 Å². The third-order valence-electron chi connectivity index (χ3n) is 2.36. The van der Waals surface area contributed by atoms with E-state index in [4.69, 9.17) is 9.84 Å². The van der Waals surface area contributed by atoms with Crippen LogP contribution >= 0.6 is 0 Å². The first-order valence-corrected chi connectivity index (χ1v) is 6.83. The Bertz CT molecular complexity index is 529. The molecule has 6 nitrogen and oxygen atoms in total. The Hall–Kier alpha value is -1.51. The molecule has 0 aliphatic heterocycles. The van der Waals surface area contributed by atoms with Crippen LogP contribution in [-0.2, 0) is 19.6 Å². The molecule has 0 bridgehead atoms. The minimum absolute atomic E-state index is 0.0981. The number of aliphatic carboxylic acids is 1. The SMILES string of the molecule is COC(CNS(=O)(=O)c1ccc(F)cc1)CC(=O)O. The maximum absolute atomic E-state index is 12.7. The molecule has 8 heteroatoms. The van der Waals surface area contributed by atoms with E-state index >= 15 is 0 Å². The molecule has 106 valence electrons. The predicted octanol–water partition coefficient (Wildman–Crippen LogP) is 0.594. The van der Waals surface area contributed by atoms with E-state index in [9.17, 15) is 17.6 Å². The van der Waals surface area contributed by atoms with Gasteiger partial charge in [-0.3, -0.25) is 4.79 Å². The summed E-state index contributed by atoms with van der Waals surface area (Å²) in [6.07, 6.45) is -1.09. The molecule has 0 aliphatic carbocycles. The minimum Gasteiger partial charge on any atom is -0.481 e. The number of hydrogen-bond donors (Lipinski definition) is 2. The molecule has 0 amide bonds. The monoisotopic (exact) mass is 291 g/mol. The van der Waals surface area contributed by atoms with E-state index in [0.29, 0.717) is 0 Å². The third-order valence-corrected chi connectivity index (χ3v) is 3.80. The van der Waals surface area contributed by atoms with Gasteiger partial charge in [0.1, 0.15) is 5.82 Å². The van der Waals surface area contributed by atoms with E-state index in [1.807, 2.05) is 0 Å². The zero-order valence-electron chi connectivity index (χ0n) is 10.2. The molecule has 1 aromatic carbocycles. The predicted molar refractivity (Wildman–Crippen MR) is 64.6 cm³/mol. The molecule has 1 atom stereocenters. The topological polar surface area (TPSA) is 92.7 Å². The van der Waals surface area contributed by atoms with Gasteiger partial charge in [-0.1, -0.05) is 0 Å². The fraction of sp³-hybridized carbons (Fsp3) is 0.364. The van der Waals surface area contributed by atoms with Gasteiger partial charge in [-0.25, -0.2) is 17.5 Å². The lowest BCUT2D eigenvalue weighted by Gasteiger charge is -2.14. The van der Waals surface area contributed by atoms with Gasteiger partial charge in [0.25, 0.3) is 0 Å². The molecular formula is C11H14FNO5S. The van der Waals surface area contributed by atoms with Crippen molar-refractivity contribution in [2.45, 2.75) is 17.4 Å². The van der Waals surface area contributed by atoms with Gasteiger partial charge in [-0.15, -0.1) is 0 Å². The van der Waals surface area contributed by atoms with Crippen LogP contribution in [0.25, 0.3) is 0 Å². The van der Waals surface area contributed by atoms with E-state index in [1.165, 1.54) is 7.11 Å². The maximum atomic E-state index is 12.7. The number of benzene rings is 1. The lowest BCUT2D eigenvalue weighted by Crippen LogP contribution is -2.34. The molecule has 0 aromatic heterocycles. The van der Waals surface area contributed by atoms with Crippen LogP contribution in [0.4, 0.5) is 4.39 Å². The summed E-state index contributed by atoms with van der Waals surface area (Å²) in [5.74, 6) is -1.63. The van der Waals surface area contributed by atoms with Crippen molar-refractivity contribution >= 4 is 16.0 Å². The minimum atomic E-state index is -3.81. The Morgan fingerprint density at radius 1 is 1.42 bits per heavy atom. The molecular weight excluding hydrogens is 277 g/mol. The number of nitrogens with one attached hydrogen (secondary N) is 1. The van der Waals surface area contributed by atoms with Crippen molar-refractivity contribution in [2.24, 2.45) is 0 Å². The van der Waals surface area contributed by atoms with Crippen molar-refractivity contribution in [1.29, 1.82) is 0 Å². The quantitative estimate of drug-likeness (QED) is 0.767. The van der Waals surface area contributed by atoms with Gasteiger partial charge in [0, 0.05) is 13.7 Å². The Labute approximate surface area is 110 Å². The first-order chi connectivity index (χ1) is 8.85. The zero-order chi connectivity index (χ0) is 14.5. The van der Waals surface area contributed by atoms with Gasteiger partial charge in [0.05, 0.1) is 17.4 Å². The molecule has 0 saturated carbocycles. The molecule has 0 heterocycles. The van der Waals surface area contributed by atoms with Crippen LogP contribution in [0, 0.1) is 5.82 Å². The van der Waals surface area contributed by atoms with Gasteiger partial charge in [-0.05, 0) is 24.3 Å². The molecule has 19 heavy (non-hydrogen) atoms. The van der Waals surface area contributed by atoms with Crippen LogP contribution in [0.2, 0.25) is 0 Å². The standard InChI is InChI=1S/C11H14FNO5S/c1-18-9(6-11(14)15)7-13-19(16,17)10-4-2-8(12)3-5-10/h2-5,9,13H,6-7H2,1H3,(H,14,15). The van der Waals surface area contributed by atoms with Gasteiger partial charge in [0.2, 0.25) is 10.0 Å².